The van der Waals surface area contributed by atoms with Crippen LogP contribution in [0.1, 0.15) is 44.7 Å². The second-order valence-electron chi connectivity index (χ2n) is 6.32. The number of nitrogens with one attached hydrogen (secondary N) is 1. The number of hydrogen-bond donors (Lipinski definition) is 1. The van der Waals surface area contributed by atoms with E-state index in [1.807, 2.05) is 13.1 Å². The number of halogens is 1. The summed E-state index contributed by atoms with van der Waals surface area (Å²) in [5, 5.41) is 3.37. The van der Waals surface area contributed by atoms with Crippen LogP contribution in [0.15, 0.2) is 18.2 Å². The summed E-state index contributed by atoms with van der Waals surface area (Å²) in [6.07, 6.45) is 3.81. The molecule has 1 unspecified atom stereocenters. The Morgan fingerprint density at radius 2 is 1.90 bits per heavy atom. The normalized spacial score (nSPS) is 18.5. The van der Waals surface area contributed by atoms with Crippen molar-refractivity contribution in [2.24, 2.45) is 0 Å². The summed E-state index contributed by atoms with van der Waals surface area (Å²) in [6.45, 7) is 6.71. The fourth-order valence-electron chi connectivity index (χ4n) is 3.44. The van der Waals surface area contributed by atoms with Crippen molar-refractivity contribution in [1.29, 1.82) is 0 Å². The number of rotatable bonds is 5. The van der Waals surface area contributed by atoms with E-state index in [4.69, 9.17) is 4.74 Å². The number of nitrogens with zero attached hydrogens (tertiary/aromatic N) is 1. The van der Waals surface area contributed by atoms with E-state index < -0.39 is 0 Å². The third kappa shape index (κ3) is 3.38. The van der Waals surface area contributed by atoms with E-state index in [-0.39, 0.29) is 17.4 Å². The number of ether oxygens (including phenoxy) is 1. The zero-order valence-corrected chi connectivity index (χ0v) is 13.6. The minimum atomic E-state index is -0.301. The topological polar surface area (TPSA) is 24.5 Å². The van der Waals surface area contributed by atoms with Crippen LogP contribution in [0.25, 0.3) is 0 Å². The summed E-state index contributed by atoms with van der Waals surface area (Å²) in [6, 6.07) is 5.33. The first kappa shape index (κ1) is 16.2. The molecule has 0 spiro atoms. The Bertz CT molecular complexity index is 470. The van der Waals surface area contributed by atoms with Gasteiger partial charge in [0.05, 0.1) is 7.11 Å². The molecule has 1 aromatic carbocycles. The Morgan fingerprint density at radius 3 is 2.43 bits per heavy atom. The molecule has 1 aromatic rings. The second kappa shape index (κ2) is 6.75. The van der Waals surface area contributed by atoms with Gasteiger partial charge < -0.3 is 10.1 Å². The maximum absolute atomic E-state index is 14.0. The molecule has 0 aromatic heterocycles. The van der Waals surface area contributed by atoms with Crippen LogP contribution in [0.5, 0.6) is 5.75 Å². The molecule has 2 rings (SSSR count). The van der Waals surface area contributed by atoms with Gasteiger partial charge in [-0.3, -0.25) is 4.90 Å². The molecule has 0 saturated carbocycles. The highest BCUT2D eigenvalue weighted by molar-refractivity contribution is 5.32. The highest BCUT2D eigenvalue weighted by Gasteiger charge is 2.36. The van der Waals surface area contributed by atoms with Gasteiger partial charge in [0.15, 0.2) is 11.6 Å². The number of piperidine rings is 1. The minimum Gasteiger partial charge on any atom is -0.494 e. The lowest BCUT2D eigenvalue weighted by Crippen LogP contribution is -2.53. The zero-order chi connectivity index (χ0) is 15.5. The van der Waals surface area contributed by atoms with Crippen LogP contribution in [0.3, 0.4) is 0 Å². The van der Waals surface area contributed by atoms with Crippen LogP contribution in [0.2, 0.25) is 0 Å². The van der Waals surface area contributed by atoms with Crippen molar-refractivity contribution in [2.75, 3.05) is 27.2 Å². The molecular formula is C17H27FN2O. The third-order valence-corrected chi connectivity index (χ3v) is 4.68. The van der Waals surface area contributed by atoms with Gasteiger partial charge >= 0.3 is 0 Å². The van der Waals surface area contributed by atoms with Crippen LogP contribution in [-0.4, -0.2) is 37.7 Å². The Labute approximate surface area is 127 Å². The largest absolute Gasteiger partial charge is 0.494 e. The molecular weight excluding hydrogens is 267 g/mol. The number of benzene rings is 1. The van der Waals surface area contributed by atoms with Gasteiger partial charge in [-0.2, -0.15) is 0 Å². The predicted molar refractivity (Wildman–Crippen MR) is 84.3 cm³/mol. The van der Waals surface area contributed by atoms with Crippen molar-refractivity contribution in [3.63, 3.8) is 0 Å². The lowest BCUT2D eigenvalue weighted by Gasteiger charge is -2.46. The van der Waals surface area contributed by atoms with Crippen molar-refractivity contribution in [2.45, 2.75) is 44.7 Å². The Hall–Kier alpha value is -1.13. The van der Waals surface area contributed by atoms with Crippen LogP contribution in [0, 0.1) is 5.82 Å². The Balaban J connectivity index is 2.27. The van der Waals surface area contributed by atoms with Crippen molar-refractivity contribution in [3.8, 4) is 5.75 Å². The predicted octanol–water partition coefficient (Wildman–Crippen LogP) is 3.36. The molecule has 4 heteroatoms. The molecule has 3 nitrogen and oxygen atoms in total. The van der Waals surface area contributed by atoms with Crippen molar-refractivity contribution < 1.29 is 9.13 Å². The third-order valence-electron chi connectivity index (χ3n) is 4.68. The Kier molecular flexibility index (Phi) is 5.22. The standard InChI is InChI=1S/C17H27FN2O/c1-17(2,20-10-6-5-7-11-20)16(19-3)13-8-9-15(21-4)14(18)12-13/h8-9,12,16,19H,5-7,10-11H2,1-4H3. The summed E-state index contributed by atoms with van der Waals surface area (Å²) in [7, 11) is 3.43. The van der Waals surface area contributed by atoms with Crippen LogP contribution >= 0.6 is 0 Å². The average Bonchev–Trinajstić information content (AvgIpc) is 2.49. The molecule has 1 heterocycles. The summed E-state index contributed by atoms with van der Waals surface area (Å²) in [5.41, 5.74) is 0.905. The molecule has 0 aliphatic carbocycles. The molecule has 0 amide bonds. The zero-order valence-electron chi connectivity index (χ0n) is 13.6. The van der Waals surface area contributed by atoms with E-state index in [0.717, 1.165) is 18.7 Å². The molecule has 0 radical (unpaired) electrons. The van der Waals surface area contributed by atoms with Crippen LogP contribution < -0.4 is 10.1 Å². The van der Waals surface area contributed by atoms with E-state index in [9.17, 15) is 4.39 Å². The second-order valence-corrected chi connectivity index (χ2v) is 6.32. The van der Waals surface area contributed by atoms with Gasteiger partial charge in [0.25, 0.3) is 0 Å². The van der Waals surface area contributed by atoms with Gasteiger partial charge in [-0.25, -0.2) is 4.39 Å². The van der Waals surface area contributed by atoms with Crippen LogP contribution in [0.4, 0.5) is 4.39 Å². The smallest absolute Gasteiger partial charge is 0.165 e. The van der Waals surface area contributed by atoms with E-state index >= 15 is 0 Å². The number of methoxy groups -OCH3 is 1. The van der Waals surface area contributed by atoms with Gasteiger partial charge in [-0.1, -0.05) is 12.5 Å². The highest BCUT2D eigenvalue weighted by Crippen LogP contribution is 2.34. The molecule has 0 bridgehead atoms. The number of likely N-dealkylation sites (N-methyl/N-ethyl adjacent to an activating group) is 1. The van der Waals surface area contributed by atoms with Gasteiger partial charge in [-0.15, -0.1) is 0 Å². The summed E-state index contributed by atoms with van der Waals surface area (Å²) in [4.78, 5) is 2.51. The fraction of sp³-hybridized carbons (Fsp3) is 0.647. The van der Waals surface area contributed by atoms with E-state index in [1.54, 1.807) is 12.1 Å². The molecule has 1 aliphatic heterocycles. The van der Waals surface area contributed by atoms with E-state index in [2.05, 4.69) is 24.1 Å². The number of hydrogen-bond acceptors (Lipinski definition) is 3. The maximum Gasteiger partial charge on any atom is 0.165 e. The van der Waals surface area contributed by atoms with Gasteiger partial charge in [0, 0.05) is 11.6 Å². The summed E-state index contributed by atoms with van der Waals surface area (Å²) >= 11 is 0. The van der Waals surface area contributed by atoms with Gasteiger partial charge in [-0.05, 0) is 64.5 Å². The SMILES string of the molecule is CNC(c1ccc(OC)c(F)c1)C(C)(C)N1CCCCC1. The average molecular weight is 294 g/mol. The molecule has 21 heavy (non-hydrogen) atoms. The minimum absolute atomic E-state index is 0.0593. The summed E-state index contributed by atoms with van der Waals surface area (Å²) < 4.78 is 19.0. The highest BCUT2D eigenvalue weighted by atomic mass is 19.1. The lowest BCUT2D eigenvalue weighted by molar-refractivity contribution is 0.0631. The fourth-order valence-corrected chi connectivity index (χ4v) is 3.44. The van der Waals surface area contributed by atoms with Crippen molar-refractivity contribution >= 4 is 0 Å². The lowest BCUT2D eigenvalue weighted by atomic mass is 9.85. The summed E-state index contributed by atoms with van der Waals surface area (Å²) in [5.74, 6) is -0.00549. The molecule has 1 atom stereocenters. The molecule has 1 aliphatic rings. The van der Waals surface area contributed by atoms with Crippen molar-refractivity contribution in [3.05, 3.63) is 29.6 Å². The van der Waals surface area contributed by atoms with E-state index in [1.165, 1.54) is 26.4 Å². The maximum atomic E-state index is 14.0. The molecule has 1 saturated heterocycles. The van der Waals surface area contributed by atoms with Crippen molar-refractivity contribution in [1.82, 2.24) is 10.2 Å². The molecule has 1 fully saturated rings. The quantitative estimate of drug-likeness (QED) is 0.901. The van der Waals surface area contributed by atoms with Crippen LogP contribution in [-0.2, 0) is 0 Å². The molecule has 1 N–H and O–H groups in total. The monoisotopic (exact) mass is 294 g/mol. The number of likely N-dealkylation sites (tertiary alicyclic amines) is 1. The Morgan fingerprint density at radius 1 is 1.24 bits per heavy atom. The molecule has 118 valence electrons. The van der Waals surface area contributed by atoms with E-state index in [0.29, 0.717) is 5.75 Å². The first-order chi connectivity index (χ1) is 10.0. The van der Waals surface area contributed by atoms with Gasteiger partial charge in [0.2, 0.25) is 0 Å². The van der Waals surface area contributed by atoms with Gasteiger partial charge in [0.1, 0.15) is 0 Å². The first-order valence-corrected chi connectivity index (χ1v) is 7.76. The first-order valence-electron chi connectivity index (χ1n) is 7.76.